The molecule has 6 rings (SSSR count). The fourth-order valence-corrected chi connectivity index (χ4v) is 8.87. The summed E-state index contributed by atoms with van der Waals surface area (Å²) in [6.45, 7) is 2.10. The number of carbonyl (C=O) groups excluding carboxylic acids is 1. The van der Waals surface area contributed by atoms with Crippen LogP contribution in [0.3, 0.4) is 0 Å². The molecule has 2 heterocycles. The number of sulfonamides is 1. The van der Waals surface area contributed by atoms with Crippen molar-refractivity contribution < 1.29 is 27.8 Å². The lowest BCUT2D eigenvalue weighted by molar-refractivity contribution is 0.0455. The molecule has 0 unspecified atom stereocenters. The molecule has 1 spiro atoms. The molecule has 4 aliphatic rings. The van der Waals surface area contributed by atoms with Gasteiger partial charge in [0, 0.05) is 42.1 Å². The van der Waals surface area contributed by atoms with Gasteiger partial charge in [0.05, 0.1) is 30.8 Å². The number of halogens is 1. The van der Waals surface area contributed by atoms with Gasteiger partial charge in [-0.05, 0) is 91.8 Å². The highest BCUT2D eigenvalue weighted by molar-refractivity contribution is 7.90. The first-order chi connectivity index (χ1) is 20.2. The van der Waals surface area contributed by atoms with E-state index in [1.807, 2.05) is 12.1 Å². The molecule has 8 nitrogen and oxygen atoms in total. The summed E-state index contributed by atoms with van der Waals surface area (Å²) >= 11 is 6.38. The minimum absolute atomic E-state index is 0.103. The topological polar surface area (TPSA) is 105 Å². The maximum atomic E-state index is 13.3. The van der Waals surface area contributed by atoms with Crippen LogP contribution in [0.5, 0.6) is 5.75 Å². The molecule has 5 atom stereocenters. The van der Waals surface area contributed by atoms with Crippen LogP contribution < -0.4 is 14.4 Å². The number of ether oxygens (including phenoxy) is 2. The molecule has 2 aromatic rings. The number of rotatable bonds is 2. The number of aryl methyl sites for hydroxylation is 1. The number of aliphatic hydroxyl groups is 1. The maximum absolute atomic E-state index is 13.3. The zero-order valence-electron chi connectivity index (χ0n) is 23.9. The number of nitrogens with one attached hydrogen (secondary N) is 1. The highest BCUT2D eigenvalue weighted by Crippen LogP contribution is 2.46. The second-order valence-corrected chi connectivity index (χ2v) is 14.7. The van der Waals surface area contributed by atoms with E-state index in [1.165, 1.54) is 18.2 Å². The molecule has 0 radical (unpaired) electrons. The fraction of sp³-hybridized carbons (Fsp3) is 0.531. The van der Waals surface area contributed by atoms with Gasteiger partial charge in [-0.1, -0.05) is 29.8 Å². The first-order valence-electron chi connectivity index (χ1n) is 14.9. The second kappa shape index (κ2) is 11.8. The maximum Gasteiger partial charge on any atom is 0.264 e. The van der Waals surface area contributed by atoms with Gasteiger partial charge < -0.3 is 19.5 Å². The van der Waals surface area contributed by atoms with Crippen LogP contribution in [-0.2, 0) is 26.6 Å². The molecule has 1 saturated carbocycles. The summed E-state index contributed by atoms with van der Waals surface area (Å²) in [6.07, 6.45) is 8.35. The van der Waals surface area contributed by atoms with Crippen LogP contribution in [0.2, 0.25) is 5.02 Å². The normalized spacial score (nSPS) is 31.5. The molecule has 2 N–H and O–H groups in total. The van der Waals surface area contributed by atoms with Gasteiger partial charge in [-0.15, -0.1) is 0 Å². The smallest absolute Gasteiger partial charge is 0.264 e. The number of anilines is 1. The fourth-order valence-electron chi connectivity index (χ4n) is 7.33. The van der Waals surface area contributed by atoms with Crippen molar-refractivity contribution in [3.8, 4) is 5.75 Å². The molecular formula is C32H39ClN2O6S. The zero-order chi connectivity index (χ0) is 29.5. The summed E-state index contributed by atoms with van der Waals surface area (Å²) in [7, 11) is -2.41. The predicted octanol–water partition coefficient (Wildman–Crippen LogP) is 4.48. The van der Waals surface area contributed by atoms with Gasteiger partial charge in [-0.25, -0.2) is 13.1 Å². The molecule has 226 valence electrons. The van der Waals surface area contributed by atoms with Crippen molar-refractivity contribution in [2.45, 2.75) is 50.0 Å². The summed E-state index contributed by atoms with van der Waals surface area (Å²) in [6, 6.07) is 11.3. The third-order valence-corrected chi connectivity index (χ3v) is 11.2. The van der Waals surface area contributed by atoms with Gasteiger partial charge in [-0.2, -0.15) is 0 Å². The molecule has 42 heavy (non-hydrogen) atoms. The van der Waals surface area contributed by atoms with Crippen molar-refractivity contribution in [1.82, 2.24) is 4.72 Å². The molecule has 0 aromatic heterocycles. The number of fused-ring (bicyclic) bond motifs is 4. The molecule has 2 aliphatic carbocycles. The number of nitrogens with zero attached hydrogens (tertiary/aromatic N) is 1. The van der Waals surface area contributed by atoms with Crippen molar-refractivity contribution in [3.63, 3.8) is 0 Å². The lowest BCUT2D eigenvalue weighted by atomic mass is 9.68. The summed E-state index contributed by atoms with van der Waals surface area (Å²) in [5.41, 5.74) is 3.27. The summed E-state index contributed by atoms with van der Waals surface area (Å²) in [5.74, 6) is -0.234. The van der Waals surface area contributed by atoms with Crippen molar-refractivity contribution in [1.29, 1.82) is 0 Å². The van der Waals surface area contributed by atoms with Crippen LogP contribution >= 0.6 is 11.6 Å². The van der Waals surface area contributed by atoms with Crippen LogP contribution in [0.1, 0.15) is 53.6 Å². The molecule has 2 aromatic carbocycles. The minimum atomic E-state index is -3.93. The highest BCUT2D eigenvalue weighted by Gasteiger charge is 2.44. The standard InChI is InChI=1S/C32H39ClN2O6S/c1-40-17-21-4-2-6-29(36)26-10-7-24(26)16-35-19-32(13-3-5-22-14-25(33)9-11-27(22)32)20-41-30-12-8-23(15-28(30)35)31(37)34-42(38,39)18-21/h2,6,8-9,11-12,14-15,21,24,26,29,36H,3-5,7,10,13,16-20H2,1H3,(H,34,37)/b6-2-/t21-,24+,26-,29+,32+/m1/s1. The van der Waals surface area contributed by atoms with E-state index in [1.54, 1.807) is 24.3 Å². The number of amides is 1. The van der Waals surface area contributed by atoms with E-state index in [-0.39, 0.29) is 41.1 Å². The van der Waals surface area contributed by atoms with Crippen molar-refractivity contribution in [2.75, 3.05) is 44.1 Å². The molecule has 10 heteroatoms. The Bertz CT molecular complexity index is 1480. The number of benzene rings is 2. The Morgan fingerprint density at radius 1 is 1.21 bits per heavy atom. The molecule has 1 amide bonds. The second-order valence-electron chi connectivity index (χ2n) is 12.5. The Kier molecular flexibility index (Phi) is 8.30. The third kappa shape index (κ3) is 5.94. The summed E-state index contributed by atoms with van der Waals surface area (Å²) in [4.78, 5) is 15.6. The third-order valence-electron chi connectivity index (χ3n) is 9.58. The minimum Gasteiger partial charge on any atom is -0.490 e. The number of methoxy groups -OCH3 is 1. The molecular weight excluding hydrogens is 576 g/mol. The van der Waals surface area contributed by atoms with E-state index < -0.39 is 22.0 Å². The van der Waals surface area contributed by atoms with Gasteiger partial charge in [0.15, 0.2) is 0 Å². The van der Waals surface area contributed by atoms with Gasteiger partial charge in [-0.3, -0.25) is 4.79 Å². The highest BCUT2D eigenvalue weighted by atomic mass is 35.5. The van der Waals surface area contributed by atoms with Crippen molar-refractivity contribution >= 4 is 33.2 Å². The van der Waals surface area contributed by atoms with Gasteiger partial charge in [0.1, 0.15) is 5.75 Å². The molecule has 2 aliphatic heterocycles. The summed E-state index contributed by atoms with van der Waals surface area (Å²) in [5, 5.41) is 11.9. The van der Waals surface area contributed by atoms with E-state index >= 15 is 0 Å². The Hall–Kier alpha value is -2.59. The van der Waals surface area contributed by atoms with Gasteiger partial charge in [0.25, 0.3) is 5.91 Å². The predicted molar refractivity (Wildman–Crippen MR) is 163 cm³/mol. The van der Waals surface area contributed by atoms with Crippen LogP contribution in [0.15, 0.2) is 48.6 Å². The monoisotopic (exact) mass is 614 g/mol. The van der Waals surface area contributed by atoms with E-state index in [2.05, 4.69) is 21.8 Å². The number of allylic oxidation sites excluding steroid dienone is 1. The first kappa shape index (κ1) is 29.5. The Morgan fingerprint density at radius 3 is 2.86 bits per heavy atom. The molecule has 0 saturated heterocycles. The van der Waals surface area contributed by atoms with E-state index in [9.17, 15) is 18.3 Å². The van der Waals surface area contributed by atoms with Crippen molar-refractivity contribution in [3.05, 3.63) is 70.3 Å². The average molecular weight is 615 g/mol. The van der Waals surface area contributed by atoms with E-state index in [4.69, 9.17) is 21.1 Å². The number of hydrogen-bond acceptors (Lipinski definition) is 7. The van der Waals surface area contributed by atoms with E-state index in [0.29, 0.717) is 31.9 Å². The Morgan fingerprint density at radius 2 is 2.07 bits per heavy atom. The summed E-state index contributed by atoms with van der Waals surface area (Å²) < 4.78 is 40.1. The number of hydrogen-bond donors (Lipinski definition) is 2. The van der Waals surface area contributed by atoms with Gasteiger partial charge >= 0.3 is 0 Å². The SMILES string of the molecule is COC[C@H]1C/C=C\[C@H](O)[C@@H]2CC[C@H]2CN2C[C@@]3(CCCc4cc(Cl)ccc43)COc3ccc(cc32)C(=O)NS(=O)(=O)C1. The van der Waals surface area contributed by atoms with Crippen LogP contribution in [0.25, 0.3) is 0 Å². The zero-order valence-corrected chi connectivity index (χ0v) is 25.5. The van der Waals surface area contributed by atoms with E-state index in [0.717, 1.165) is 42.8 Å². The number of carbonyl (C=O) groups is 1. The average Bonchev–Trinajstić information content (AvgIpc) is 3.07. The number of aliphatic hydroxyl groups excluding tert-OH is 1. The van der Waals surface area contributed by atoms with Crippen LogP contribution in [-0.4, -0.2) is 64.7 Å². The lowest BCUT2D eigenvalue weighted by Crippen LogP contribution is -2.49. The Balaban J connectivity index is 1.40. The van der Waals surface area contributed by atoms with Crippen LogP contribution in [0.4, 0.5) is 5.69 Å². The molecule has 1 fully saturated rings. The van der Waals surface area contributed by atoms with Crippen LogP contribution in [0, 0.1) is 17.8 Å². The Labute approximate surface area is 253 Å². The van der Waals surface area contributed by atoms with Gasteiger partial charge in [0.2, 0.25) is 10.0 Å². The first-order valence-corrected chi connectivity index (χ1v) is 16.9. The largest absolute Gasteiger partial charge is 0.490 e. The lowest BCUT2D eigenvalue weighted by Gasteiger charge is -2.45. The quantitative estimate of drug-likeness (QED) is 0.481. The molecule has 2 bridgehead atoms. The van der Waals surface area contributed by atoms with Crippen molar-refractivity contribution in [2.24, 2.45) is 17.8 Å².